The van der Waals surface area contributed by atoms with Crippen molar-refractivity contribution >= 4 is 22.5 Å². The molecule has 1 aliphatic carbocycles. The van der Waals surface area contributed by atoms with Crippen molar-refractivity contribution < 1.29 is 14.1 Å². The van der Waals surface area contributed by atoms with E-state index in [1.54, 1.807) is 12.1 Å². The van der Waals surface area contributed by atoms with Crippen molar-refractivity contribution in [3.8, 4) is 0 Å². The van der Waals surface area contributed by atoms with Crippen LogP contribution in [-0.2, 0) is 5.41 Å². The summed E-state index contributed by atoms with van der Waals surface area (Å²) < 4.78 is 13.3. The number of rotatable bonds is 5. The molecule has 1 saturated carbocycles. The van der Waals surface area contributed by atoms with Crippen molar-refractivity contribution in [1.29, 1.82) is 0 Å². The number of halogens is 1. The Bertz CT molecular complexity index is 1040. The smallest absolute Gasteiger partial charge is 0.272 e. The number of hydrogen-bond donors (Lipinski definition) is 2. The average molecular weight is 382 g/mol. The second kappa shape index (κ2) is 7.03. The third-order valence-corrected chi connectivity index (χ3v) is 5.58. The van der Waals surface area contributed by atoms with Crippen LogP contribution in [0.15, 0.2) is 42.5 Å². The number of H-pyrrole nitrogens is 1. The summed E-state index contributed by atoms with van der Waals surface area (Å²) in [6.45, 7) is 0.404. The fourth-order valence-electron chi connectivity index (χ4n) is 4.04. The molecule has 0 saturated heterocycles. The molecule has 8 heteroatoms. The third-order valence-electron chi connectivity index (χ3n) is 5.58. The van der Waals surface area contributed by atoms with Crippen LogP contribution >= 0.6 is 0 Å². The molecule has 0 atom stereocenters. The van der Waals surface area contributed by atoms with Crippen LogP contribution in [0.5, 0.6) is 0 Å². The highest BCUT2D eigenvalue weighted by atomic mass is 19.1. The quantitative estimate of drug-likeness (QED) is 0.517. The van der Waals surface area contributed by atoms with Crippen LogP contribution in [0.25, 0.3) is 10.9 Å². The predicted molar refractivity (Wildman–Crippen MR) is 102 cm³/mol. The van der Waals surface area contributed by atoms with Crippen LogP contribution in [0.1, 0.15) is 41.7 Å². The number of nitro benzene ring substituents is 1. The molecule has 0 radical (unpaired) electrons. The first-order valence-corrected chi connectivity index (χ1v) is 9.15. The van der Waals surface area contributed by atoms with E-state index in [-0.39, 0.29) is 28.5 Å². The number of carbonyl (C=O) groups is 1. The van der Waals surface area contributed by atoms with Gasteiger partial charge < -0.3 is 5.32 Å². The first-order chi connectivity index (χ1) is 13.5. The largest absolute Gasteiger partial charge is 0.350 e. The molecule has 0 aliphatic heterocycles. The van der Waals surface area contributed by atoms with Crippen LogP contribution in [-0.4, -0.2) is 27.6 Å². The number of aromatic nitrogens is 2. The number of hydrogen-bond acceptors (Lipinski definition) is 4. The average Bonchev–Trinajstić information content (AvgIpc) is 3.34. The van der Waals surface area contributed by atoms with Crippen molar-refractivity contribution in [2.45, 2.75) is 31.1 Å². The van der Waals surface area contributed by atoms with Gasteiger partial charge in [0.05, 0.1) is 10.4 Å². The lowest BCUT2D eigenvalue weighted by atomic mass is 9.79. The van der Waals surface area contributed by atoms with Crippen LogP contribution in [0.3, 0.4) is 0 Å². The van der Waals surface area contributed by atoms with E-state index in [9.17, 15) is 19.3 Å². The van der Waals surface area contributed by atoms with E-state index >= 15 is 0 Å². The number of nitrogens with zero attached hydrogens (tertiary/aromatic N) is 2. The lowest BCUT2D eigenvalue weighted by molar-refractivity contribution is -0.384. The van der Waals surface area contributed by atoms with E-state index in [4.69, 9.17) is 0 Å². The molecule has 1 fully saturated rings. The van der Waals surface area contributed by atoms with E-state index in [1.165, 1.54) is 30.3 Å². The lowest BCUT2D eigenvalue weighted by Gasteiger charge is -2.30. The zero-order chi connectivity index (χ0) is 19.7. The Hall–Kier alpha value is -3.29. The van der Waals surface area contributed by atoms with Gasteiger partial charge in [0.2, 0.25) is 0 Å². The number of aromatic amines is 1. The topological polar surface area (TPSA) is 101 Å². The molecule has 1 aliphatic rings. The molecule has 7 nitrogen and oxygen atoms in total. The van der Waals surface area contributed by atoms with Gasteiger partial charge in [0, 0.05) is 29.5 Å². The highest BCUT2D eigenvalue weighted by Gasteiger charge is 2.36. The molecule has 0 bridgehead atoms. The van der Waals surface area contributed by atoms with Gasteiger partial charge in [0.25, 0.3) is 11.6 Å². The normalized spacial score (nSPS) is 15.6. The van der Waals surface area contributed by atoms with E-state index in [2.05, 4.69) is 15.5 Å². The highest BCUT2D eigenvalue weighted by molar-refractivity contribution is 6.05. The minimum atomic E-state index is -0.504. The Balaban J connectivity index is 1.58. The predicted octanol–water partition coefficient (Wildman–Crippen LogP) is 3.85. The maximum absolute atomic E-state index is 13.3. The summed E-state index contributed by atoms with van der Waals surface area (Å²) in [5.41, 5.74) is 1.37. The first-order valence-electron chi connectivity index (χ1n) is 9.15. The highest BCUT2D eigenvalue weighted by Crippen LogP contribution is 2.40. The molecule has 2 N–H and O–H groups in total. The van der Waals surface area contributed by atoms with E-state index in [0.717, 1.165) is 31.2 Å². The molecule has 0 unspecified atom stereocenters. The van der Waals surface area contributed by atoms with Crippen molar-refractivity contribution in [3.05, 3.63) is 69.7 Å². The Labute approximate surface area is 160 Å². The summed E-state index contributed by atoms with van der Waals surface area (Å²) in [5.74, 6) is -0.675. The molecule has 144 valence electrons. The summed E-state index contributed by atoms with van der Waals surface area (Å²) in [6.07, 6.45) is 3.91. The fourth-order valence-corrected chi connectivity index (χ4v) is 4.04. The molecule has 4 rings (SSSR count). The summed E-state index contributed by atoms with van der Waals surface area (Å²) in [6, 6.07) is 10.7. The van der Waals surface area contributed by atoms with Gasteiger partial charge in [-0.2, -0.15) is 5.10 Å². The summed E-state index contributed by atoms with van der Waals surface area (Å²) in [4.78, 5) is 23.3. The van der Waals surface area contributed by atoms with Crippen molar-refractivity contribution in [3.63, 3.8) is 0 Å². The van der Waals surface area contributed by atoms with E-state index < -0.39 is 4.92 Å². The molecule has 28 heavy (non-hydrogen) atoms. The zero-order valence-corrected chi connectivity index (χ0v) is 15.1. The molecular formula is C20H19FN4O3. The van der Waals surface area contributed by atoms with Gasteiger partial charge in [0.15, 0.2) is 5.69 Å². The van der Waals surface area contributed by atoms with Gasteiger partial charge in [-0.05, 0) is 36.6 Å². The summed E-state index contributed by atoms with van der Waals surface area (Å²) in [5, 5.41) is 21.1. The maximum Gasteiger partial charge on any atom is 0.272 e. The van der Waals surface area contributed by atoms with Gasteiger partial charge in [-0.1, -0.05) is 25.0 Å². The minimum absolute atomic E-state index is 0.0958. The molecule has 3 aromatic rings. The van der Waals surface area contributed by atoms with Crippen molar-refractivity contribution in [1.82, 2.24) is 15.5 Å². The molecule has 1 heterocycles. The Morgan fingerprint density at radius 1 is 1.21 bits per heavy atom. The van der Waals surface area contributed by atoms with Gasteiger partial charge in [0.1, 0.15) is 5.82 Å². The second-order valence-corrected chi connectivity index (χ2v) is 7.24. The van der Waals surface area contributed by atoms with Gasteiger partial charge in [-0.3, -0.25) is 20.0 Å². The summed E-state index contributed by atoms with van der Waals surface area (Å²) >= 11 is 0. The van der Waals surface area contributed by atoms with Crippen LogP contribution in [0, 0.1) is 15.9 Å². The number of non-ortho nitro benzene ring substituents is 1. The lowest BCUT2D eigenvalue weighted by Crippen LogP contribution is -2.39. The minimum Gasteiger partial charge on any atom is -0.350 e. The Morgan fingerprint density at radius 3 is 2.61 bits per heavy atom. The Kier molecular flexibility index (Phi) is 4.54. The van der Waals surface area contributed by atoms with Crippen LogP contribution in [0.2, 0.25) is 0 Å². The van der Waals surface area contributed by atoms with Gasteiger partial charge >= 0.3 is 0 Å². The Morgan fingerprint density at radius 2 is 1.93 bits per heavy atom. The van der Waals surface area contributed by atoms with Gasteiger partial charge in [-0.25, -0.2) is 4.39 Å². The van der Waals surface area contributed by atoms with E-state index in [0.29, 0.717) is 17.4 Å². The van der Waals surface area contributed by atoms with Crippen molar-refractivity contribution in [2.24, 2.45) is 0 Å². The van der Waals surface area contributed by atoms with E-state index in [1.807, 2.05) is 0 Å². The van der Waals surface area contributed by atoms with Crippen LogP contribution in [0.4, 0.5) is 10.1 Å². The number of amides is 1. The first kappa shape index (κ1) is 18.1. The standard InChI is InChI=1S/C20H19FN4O3/c21-14-5-3-13(4-6-14)20(9-1-2-10-20)12-22-19(26)18-16-11-15(25(27)28)7-8-17(16)23-24-18/h3-8,11H,1-2,9-10,12H2,(H,22,26)(H,23,24). The molecule has 0 spiro atoms. The van der Waals surface area contributed by atoms with Gasteiger partial charge in [-0.15, -0.1) is 0 Å². The number of nitro groups is 1. The molecule has 1 aromatic heterocycles. The number of fused-ring (bicyclic) bond motifs is 1. The number of benzene rings is 2. The summed E-state index contributed by atoms with van der Waals surface area (Å²) in [7, 11) is 0. The monoisotopic (exact) mass is 382 g/mol. The van der Waals surface area contributed by atoms with Crippen LogP contribution < -0.4 is 5.32 Å². The molecule has 1 amide bonds. The molecular weight excluding hydrogens is 363 g/mol. The molecule has 2 aromatic carbocycles. The SMILES string of the molecule is O=C(NCC1(c2ccc(F)cc2)CCCC1)c1n[nH]c2ccc([N+](=O)[O-])cc12. The third kappa shape index (κ3) is 3.21. The number of nitrogens with one attached hydrogen (secondary N) is 2. The zero-order valence-electron chi connectivity index (χ0n) is 15.1. The fraction of sp³-hybridized carbons (Fsp3) is 0.300. The number of carbonyl (C=O) groups excluding carboxylic acids is 1. The maximum atomic E-state index is 13.3. The second-order valence-electron chi connectivity index (χ2n) is 7.24. The van der Waals surface area contributed by atoms with Crippen molar-refractivity contribution in [2.75, 3.05) is 6.54 Å².